The summed E-state index contributed by atoms with van der Waals surface area (Å²) < 4.78 is 11.4. The zero-order valence-electron chi connectivity index (χ0n) is 5.84. The van der Waals surface area contributed by atoms with Gasteiger partial charge < -0.3 is 9.47 Å². The summed E-state index contributed by atoms with van der Waals surface area (Å²) in [6.45, 7) is 0.361. The minimum absolute atomic E-state index is 0.361. The molecule has 2 nitrogen and oxygen atoms in total. The smallest absolute Gasteiger partial charge is 0.231 e. The molecular formula is C8H7IO2. The van der Waals surface area contributed by atoms with Crippen LogP contribution < -0.4 is 9.47 Å². The molecule has 0 aliphatic carbocycles. The maximum absolute atomic E-state index is 5.22. The average molecular weight is 262 g/mol. The van der Waals surface area contributed by atoms with Crippen molar-refractivity contribution in [3.05, 3.63) is 23.8 Å². The van der Waals surface area contributed by atoms with E-state index in [1.165, 1.54) is 5.56 Å². The summed E-state index contributed by atoms with van der Waals surface area (Å²) >= 11 is 2.32. The Morgan fingerprint density at radius 1 is 1.27 bits per heavy atom. The first-order valence-corrected chi connectivity index (χ1v) is 4.87. The molecule has 0 fully saturated rings. The van der Waals surface area contributed by atoms with Gasteiger partial charge in [0.05, 0.1) is 0 Å². The Morgan fingerprint density at radius 2 is 2.09 bits per heavy atom. The summed E-state index contributed by atoms with van der Waals surface area (Å²) in [5, 5.41) is 0. The molecule has 2 rings (SSSR count). The van der Waals surface area contributed by atoms with Crippen molar-refractivity contribution in [3.8, 4) is 11.5 Å². The van der Waals surface area contributed by atoms with Gasteiger partial charge in [-0.1, -0.05) is 28.7 Å². The van der Waals surface area contributed by atoms with E-state index in [4.69, 9.17) is 9.47 Å². The number of hydrogen-bond acceptors (Lipinski definition) is 2. The SMILES string of the molecule is ICc1ccc2c(c1)OCO2. The lowest BCUT2D eigenvalue weighted by atomic mass is 10.2. The van der Waals surface area contributed by atoms with Gasteiger partial charge in [0, 0.05) is 4.43 Å². The first kappa shape index (κ1) is 7.21. The number of fused-ring (bicyclic) bond motifs is 1. The van der Waals surface area contributed by atoms with Crippen molar-refractivity contribution >= 4 is 22.6 Å². The van der Waals surface area contributed by atoms with E-state index in [1.807, 2.05) is 12.1 Å². The van der Waals surface area contributed by atoms with Crippen LogP contribution in [-0.2, 0) is 4.43 Å². The molecule has 1 aromatic rings. The molecule has 1 heterocycles. The highest BCUT2D eigenvalue weighted by Gasteiger charge is 2.12. The van der Waals surface area contributed by atoms with E-state index in [9.17, 15) is 0 Å². The minimum Gasteiger partial charge on any atom is -0.454 e. The van der Waals surface area contributed by atoms with Crippen molar-refractivity contribution in [1.29, 1.82) is 0 Å². The van der Waals surface area contributed by atoms with Gasteiger partial charge in [-0.3, -0.25) is 0 Å². The molecule has 0 radical (unpaired) electrons. The molecule has 11 heavy (non-hydrogen) atoms. The summed E-state index contributed by atoms with van der Waals surface area (Å²) in [5.74, 6) is 1.73. The summed E-state index contributed by atoms with van der Waals surface area (Å²) in [4.78, 5) is 0. The molecular weight excluding hydrogens is 255 g/mol. The number of benzene rings is 1. The van der Waals surface area contributed by atoms with E-state index in [0.717, 1.165) is 15.9 Å². The molecule has 0 bridgehead atoms. The van der Waals surface area contributed by atoms with Crippen LogP contribution in [0.1, 0.15) is 5.56 Å². The van der Waals surface area contributed by atoms with Crippen LogP contribution >= 0.6 is 22.6 Å². The van der Waals surface area contributed by atoms with Crippen molar-refractivity contribution < 1.29 is 9.47 Å². The van der Waals surface area contributed by atoms with Crippen molar-refractivity contribution in [3.63, 3.8) is 0 Å². The molecule has 0 N–H and O–H groups in total. The average Bonchev–Trinajstić information content (AvgIpc) is 2.50. The lowest BCUT2D eigenvalue weighted by molar-refractivity contribution is 0.174. The normalized spacial score (nSPS) is 13.5. The van der Waals surface area contributed by atoms with Gasteiger partial charge in [0.25, 0.3) is 0 Å². The van der Waals surface area contributed by atoms with Crippen LogP contribution in [0.5, 0.6) is 11.5 Å². The molecule has 0 amide bonds. The molecule has 1 aliphatic heterocycles. The summed E-state index contributed by atoms with van der Waals surface area (Å²) in [7, 11) is 0. The molecule has 0 saturated carbocycles. The lowest BCUT2D eigenvalue weighted by Gasteiger charge is -1.97. The Bertz CT molecular complexity index is 273. The highest BCUT2D eigenvalue weighted by Crippen LogP contribution is 2.32. The van der Waals surface area contributed by atoms with Crippen molar-refractivity contribution in [2.24, 2.45) is 0 Å². The Balaban J connectivity index is 2.41. The second kappa shape index (κ2) is 2.89. The monoisotopic (exact) mass is 262 g/mol. The zero-order chi connectivity index (χ0) is 7.68. The third-order valence-corrected chi connectivity index (χ3v) is 2.47. The predicted octanol–water partition coefficient (Wildman–Crippen LogP) is 2.35. The number of halogens is 1. The maximum atomic E-state index is 5.22. The molecule has 0 spiro atoms. The molecule has 1 aliphatic rings. The van der Waals surface area contributed by atoms with Gasteiger partial charge in [-0.25, -0.2) is 0 Å². The van der Waals surface area contributed by atoms with Crippen LogP contribution in [-0.4, -0.2) is 6.79 Å². The van der Waals surface area contributed by atoms with Crippen LogP contribution in [0.15, 0.2) is 18.2 Å². The topological polar surface area (TPSA) is 18.5 Å². The fraction of sp³-hybridized carbons (Fsp3) is 0.250. The Hall–Kier alpha value is -0.450. The van der Waals surface area contributed by atoms with E-state index in [1.54, 1.807) is 0 Å². The van der Waals surface area contributed by atoms with Crippen molar-refractivity contribution in [2.75, 3.05) is 6.79 Å². The van der Waals surface area contributed by atoms with Crippen molar-refractivity contribution in [1.82, 2.24) is 0 Å². The molecule has 1 aromatic carbocycles. The van der Waals surface area contributed by atoms with Gasteiger partial charge in [-0.2, -0.15) is 0 Å². The molecule has 0 aromatic heterocycles. The minimum atomic E-state index is 0.361. The van der Waals surface area contributed by atoms with Gasteiger partial charge in [0.15, 0.2) is 11.5 Å². The second-order valence-electron chi connectivity index (χ2n) is 2.32. The summed E-state index contributed by atoms with van der Waals surface area (Å²) in [6.07, 6.45) is 0. The van der Waals surface area contributed by atoms with Gasteiger partial charge in [0.2, 0.25) is 6.79 Å². The van der Waals surface area contributed by atoms with E-state index >= 15 is 0 Å². The molecule has 0 saturated heterocycles. The number of ether oxygens (including phenoxy) is 2. The number of alkyl halides is 1. The highest BCUT2D eigenvalue weighted by atomic mass is 127. The molecule has 3 heteroatoms. The van der Waals surface area contributed by atoms with Crippen LogP contribution in [0, 0.1) is 0 Å². The Labute approximate surface area is 78.6 Å². The van der Waals surface area contributed by atoms with Crippen LogP contribution in [0.4, 0.5) is 0 Å². The third kappa shape index (κ3) is 1.29. The fourth-order valence-corrected chi connectivity index (χ4v) is 1.50. The van der Waals surface area contributed by atoms with Gasteiger partial charge in [-0.05, 0) is 17.7 Å². The molecule has 0 unspecified atom stereocenters. The Morgan fingerprint density at radius 3 is 2.91 bits per heavy atom. The van der Waals surface area contributed by atoms with Gasteiger partial charge in [0.1, 0.15) is 0 Å². The first-order valence-electron chi connectivity index (χ1n) is 3.34. The second-order valence-corrected chi connectivity index (χ2v) is 3.08. The quantitative estimate of drug-likeness (QED) is 0.571. The van der Waals surface area contributed by atoms with Crippen LogP contribution in [0.25, 0.3) is 0 Å². The summed E-state index contributed by atoms with van der Waals surface area (Å²) in [6, 6.07) is 6.03. The third-order valence-electron chi connectivity index (χ3n) is 1.59. The largest absolute Gasteiger partial charge is 0.454 e. The van der Waals surface area contributed by atoms with E-state index < -0.39 is 0 Å². The standard InChI is InChI=1S/C8H7IO2/c9-4-6-1-2-7-8(3-6)11-5-10-7/h1-3H,4-5H2. The fourth-order valence-electron chi connectivity index (χ4n) is 1.02. The van der Waals surface area contributed by atoms with Crippen LogP contribution in [0.3, 0.4) is 0 Å². The highest BCUT2D eigenvalue weighted by molar-refractivity contribution is 14.1. The predicted molar refractivity (Wildman–Crippen MR) is 50.3 cm³/mol. The van der Waals surface area contributed by atoms with Crippen LogP contribution in [0.2, 0.25) is 0 Å². The Kier molecular flexibility index (Phi) is 1.89. The van der Waals surface area contributed by atoms with Gasteiger partial charge >= 0.3 is 0 Å². The number of hydrogen-bond donors (Lipinski definition) is 0. The van der Waals surface area contributed by atoms with E-state index in [0.29, 0.717) is 6.79 Å². The van der Waals surface area contributed by atoms with E-state index in [-0.39, 0.29) is 0 Å². The lowest BCUT2D eigenvalue weighted by Crippen LogP contribution is -1.92. The van der Waals surface area contributed by atoms with Crippen molar-refractivity contribution in [2.45, 2.75) is 4.43 Å². The number of rotatable bonds is 1. The molecule has 58 valence electrons. The zero-order valence-corrected chi connectivity index (χ0v) is 8.00. The maximum Gasteiger partial charge on any atom is 0.231 e. The molecule has 0 atom stereocenters. The summed E-state index contributed by atoms with van der Waals surface area (Å²) in [5.41, 5.74) is 1.27. The van der Waals surface area contributed by atoms with E-state index in [2.05, 4.69) is 28.7 Å². The first-order chi connectivity index (χ1) is 5.40. The van der Waals surface area contributed by atoms with Gasteiger partial charge in [-0.15, -0.1) is 0 Å².